The van der Waals surface area contributed by atoms with Gasteiger partial charge in [-0.25, -0.2) is 4.98 Å². The van der Waals surface area contributed by atoms with Crippen LogP contribution in [0.1, 0.15) is 29.7 Å². The maximum Gasteiger partial charge on any atom is 0.121 e. The molecule has 1 aromatic carbocycles. The van der Waals surface area contributed by atoms with E-state index in [1.165, 1.54) is 0 Å². The molecule has 0 saturated heterocycles. The summed E-state index contributed by atoms with van der Waals surface area (Å²) < 4.78 is 0.851. The fraction of sp³-hybridized carbons (Fsp3) is 0.267. The fourth-order valence-corrected chi connectivity index (χ4v) is 2.20. The average molecular weight is 321 g/mol. The maximum absolute atomic E-state index is 9.98. The van der Waals surface area contributed by atoms with E-state index in [1.807, 2.05) is 39.0 Å². The van der Waals surface area contributed by atoms with Gasteiger partial charge >= 0.3 is 0 Å². The molecule has 1 unspecified atom stereocenters. The summed E-state index contributed by atoms with van der Waals surface area (Å²) in [5.41, 5.74) is 3.94. The van der Waals surface area contributed by atoms with Gasteiger partial charge in [-0.3, -0.25) is 0 Å². The zero-order chi connectivity index (χ0) is 14.0. The maximum atomic E-state index is 9.98. The molecule has 0 aliphatic rings. The highest BCUT2D eigenvalue weighted by molar-refractivity contribution is 9.10. The number of rotatable bonds is 3. The van der Waals surface area contributed by atoms with Crippen LogP contribution in [-0.4, -0.2) is 10.1 Å². The number of phenols is 1. The van der Waals surface area contributed by atoms with Crippen LogP contribution in [0.25, 0.3) is 0 Å². The van der Waals surface area contributed by atoms with E-state index in [0.29, 0.717) is 5.75 Å². The zero-order valence-electron chi connectivity index (χ0n) is 11.2. The van der Waals surface area contributed by atoms with Crippen molar-refractivity contribution in [2.75, 3.05) is 5.32 Å². The number of hydrogen-bond acceptors (Lipinski definition) is 3. The molecule has 4 heteroatoms. The number of halogens is 1. The van der Waals surface area contributed by atoms with E-state index in [9.17, 15) is 5.11 Å². The standard InChI is InChI=1S/C15H17BrN2O/c1-9-4-5-13(14(19)6-9)11(3)18-12-7-10(2)15(16)17-8-12/h4-8,11,18-19H,1-3H3. The SMILES string of the molecule is Cc1ccc(C(C)Nc2cnc(Br)c(C)c2)c(O)c1. The molecule has 0 radical (unpaired) electrons. The molecule has 2 aromatic rings. The third kappa shape index (κ3) is 3.26. The smallest absolute Gasteiger partial charge is 0.121 e. The van der Waals surface area contributed by atoms with Gasteiger partial charge in [0.2, 0.25) is 0 Å². The third-order valence-corrected chi connectivity index (χ3v) is 3.88. The Kier molecular flexibility index (Phi) is 4.10. The van der Waals surface area contributed by atoms with E-state index >= 15 is 0 Å². The average Bonchev–Trinajstić information content (AvgIpc) is 2.33. The van der Waals surface area contributed by atoms with E-state index in [-0.39, 0.29) is 6.04 Å². The number of nitrogens with zero attached hydrogens (tertiary/aromatic N) is 1. The van der Waals surface area contributed by atoms with E-state index in [0.717, 1.165) is 27.0 Å². The zero-order valence-corrected chi connectivity index (χ0v) is 12.8. The molecule has 3 nitrogen and oxygen atoms in total. The van der Waals surface area contributed by atoms with Crippen LogP contribution >= 0.6 is 15.9 Å². The number of pyridine rings is 1. The highest BCUT2D eigenvalue weighted by Crippen LogP contribution is 2.28. The van der Waals surface area contributed by atoms with E-state index in [1.54, 1.807) is 12.3 Å². The Morgan fingerprint density at radius 3 is 2.63 bits per heavy atom. The minimum atomic E-state index is 0.0166. The molecule has 0 saturated carbocycles. The number of aryl methyl sites for hydroxylation is 2. The molecular weight excluding hydrogens is 304 g/mol. The van der Waals surface area contributed by atoms with Crippen LogP contribution in [0.3, 0.4) is 0 Å². The van der Waals surface area contributed by atoms with Gasteiger partial charge in [0.25, 0.3) is 0 Å². The van der Waals surface area contributed by atoms with E-state index < -0.39 is 0 Å². The van der Waals surface area contributed by atoms with Crippen LogP contribution in [0.5, 0.6) is 5.75 Å². The molecule has 0 aliphatic carbocycles. The number of benzene rings is 1. The Morgan fingerprint density at radius 2 is 2.00 bits per heavy atom. The number of phenolic OH excluding ortho intramolecular Hbond substituents is 1. The first kappa shape index (κ1) is 13.9. The summed E-state index contributed by atoms with van der Waals surface area (Å²) in [7, 11) is 0. The van der Waals surface area contributed by atoms with Crippen LogP contribution in [0.15, 0.2) is 35.1 Å². The van der Waals surface area contributed by atoms with Gasteiger partial charge in [-0.1, -0.05) is 12.1 Å². The van der Waals surface area contributed by atoms with Crippen LogP contribution in [0.2, 0.25) is 0 Å². The second-order valence-corrected chi connectivity index (χ2v) is 5.51. The minimum Gasteiger partial charge on any atom is -0.508 e. The molecule has 0 aliphatic heterocycles. The van der Waals surface area contributed by atoms with Crippen LogP contribution < -0.4 is 5.32 Å². The van der Waals surface area contributed by atoms with Gasteiger partial charge in [-0.15, -0.1) is 0 Å². The van der Waals surface area contributed by atoms with Gasteiger partial charge in [0.15, 0.2) is 0 Å². The van der Waals surface area contributed by atoms with Gasteiger partial charge in [0, 0.05) is 5.56 Å². The number of aromatic nitrogens is 1. The van der Waals surface area contributed by atoms with Crippen molar-refractivity contribution in [3.63, 3.8) is 0 Å². The number of aromatic hydroxyl groups is 1. The Balaban J connectivity index is 2.20. The largest absolute Gasteiger partial charge is 0.508 e. The predicted molar refractivity (Wildman–Crippen MR) is 81.6 cm³/mol. The van der Waals surface area contributed by atoms with Crippen LogP contribution in [0, 0.1) is 13.8 Å². The Bertz CT molecular complexity index is 599. The van der Waals surface area contributed by atoms with Gasteiger partial charge in [0.1, 0.15) is 10.4 Å². The van der Waals surface area contributed by atoms with Gasteiger partial charge in [-0.2, -0.15) is 0 Å². The summed E-state index contributed by atoms with van der Waals surface area (Å²) in [5.74, 6) is 0.321. The first-order valence-corrected chi connectivity index (χ1v) is 6.95. The molecule has 2 rings (SSSR count). The second-order valence-electron chi connectivity index (χ2n) is 4.76. The summed E-state index contributed by atoms with van der Waals surface area (Å²) in [6, 6.07) is 7.76. The summed E-state index contributed by atoms with van der Waals surface area (Å²) in [6.45, 7) is 5.97. The Morgan fingerprint density at radius 1 is 1.26 bits per heavy atom. The van der Waals surface area contributed by atoms with Crippen molar-refractivity contribution in [3.05, 3.63) is 51.8 Å². The highest BCUT2D eigenvalue weighted by Gasteiger charge is 2.10. The lowest BCUT2D eigenvalue weighted by molar-refractivity contribution is 0.465. The van der Waals surface area contributed by atoms with Crippen molar-refractivity contribution in [2.24, 2.45) is 0 Å². The summed E-state index contributed by atoms with van der Waals surface area (Å²) in [4.78, 5) is 4.25. The molecule has 1 atom stereocenters. The lowest BCUT2D eigenvalue weighted by Gasteiger charge is -2.17. The molecule has 100 valence electrons. The molecular formula is C15H17BrN2O. The Labute approximate surface area is 121 Å². The molecule has 1 heterocycles. The predicted octanol–water partition coefficient (Wildman–Crippen LogP) is 4.34. The number of nitrogens with one attached hydrogen (secondary N) is 1. The van der Waals surface area contributed by atoms with Crippen molar-refractivity contribution in [1.82, 2.24) is 4.98 Å². The fourth-order valence-electron chi connectivity index (χ4n) is 1.98. The Hall–Kier alpha value is -1.55. The molecule has 0 fully saturated rings. The minimum absolute atomic E-state index is 0.0166. The monoisotopic (exact) mass is 320 g/mol. The van der Waals surface area contributed by atoms with Crippen LogP contribution in [-0.2, 0) is 0 Å². The molecule has 0 bridgehead atoms. The van der Waals surface area contributed by atoms with Gasteiger partial charge in [0.05, 0.1) is 17.9 Å². The van der Waals surface area contributed by atoms with Crippen molar-refractivity contribution >= 4 is 21.6 Å². The van der Waals surface area contributed by atoms with Crippen molar-refractivity contribution in [3.8, 4) is 5.75 Å². The number of hydrogen-bond donors (Lipinski definition) is 2. The van der Waals surface area contributed by atoms with E-state index in [4.69, 9.17) is 0 Å². The normalized spacial score (nSPS) is 12.2. The molecule has 1 aromatic heterocycles. The topological polar surface area (TPSA) is 45.2 Å². The second kappa shape index (κ2) is 5.61. The lowest BCUT2D eigenvalue weighted by atomic mass is 10.0. The highest BCUT2D eigenvalue weighted by atomic mass is 79.9. The first-order valence-electron chi connectivity index (χ1n) is 6.15. The van der Waals surface area contributed by atoms with Crippen LogP contribution in [0.4, 0.5) is 5.69 Å². The molecule has 2 N–H and O–H groups in total. The first-order chi connectivity index (χ1) is 8.97. The van der Waals surface area contributed by atoms with Crippen molar-refractivity contribution in [1.29, 1.82) is 0 Å². The third-order valence-electron chi connectivity index (χ3n) is 3.05. The number of anilines is 1. The van der Waals surface area contributed by atoms with Gasteiger partial charge in [-0.05, 0) is 60.0 Å². The quantitative estimate of drug-likeness (QED) is 0.827. The molecule has 19 heavy (non-hydrogen) atoms. The molecule has 0 spiro atoms. The summed E-state index contributed by atoms with van der Waals surface area (Å²) >= 11 is 3.38. The van der Waals surface area contributed by atoms with Crippen molar-refractivity contribution < 1.29 is 5.11 Å². The van der Waals surface area contributed by atoms with E-state index in [2.05, 4.69) is 26.2 Å². The summed E-state index contributed by atoms with van der Waals surface area (Å²) in [6.07, 6.45) is 1.78. The lowest BCUT2D eigenvalue weighted by Crippen LogP contribution is -2.07. The van der Waals surface area contributed by atoms with Gasteiger partial charge < -0.3 is 10.4 Å². The molecule has 0 amide bonds. The summed E-state index contributed by atoms with van der Waals surface area (Å²) in [5, 5.41) is 13.3. The van der Waals surface area contributed by atoms with Crippen molar-refractivity contribution in [2.45, 2.75) is 26.8 Å².